The first-order chi connectivity index (χ1) is 10.7. The largest absolute Gasteiger partial charge is 0.396 e. The van der Waals surface area contributed by atoms with Crippen molar-refractivity contribution in [1.29, 1.82) is 0 Å². The van der Waals surface area contributed by atoms with E-state index in [1.54, 1.807) is 11.3 Å². The number of thiophene rings is 1. The van der Waals surface area contributed by atoms with Gasteiger partial charge in [0, 0.05) is 23.6 Å². The minimum absolute atomic E-state index is 0.175. The number of benzene rings is 1. The Bertz CT molecular complexity index is 783. The van der Waals surface area contributed by atoms with Gasteiger partial charge in [0.25, 0.3) is 0 Å². The molecule has 0 aliphatic carbocycles. The van der Waals surface area contributed by atoms with Crippen molar-refractivity contribution in [1.82, 2.24) is 9.97 Å². The fourth-order valence-electron chi connectivity index (χ4n) is 2.58. The first-order valence-electron chi connectivity index (χ1n) is 7.38. The molecule has 0 amide bonds. The van der Waals surface area contributed by atoms with Crippen LogP contribution in [0.1, 0.15) is 17.1 Å². The molecule has 3 aromatic rings. The van der Waals surface area contributed by atoms with Crippen LogP contribution in [0.15, 0.2) is 30.3 Å². The Morgan fingerprint density at radius 1 is 1.14 bits per heavy atom. The Hall–Kier alpha value is -1.98. The molecule has 114 valence electrons. The van der Waals surface area contributed by atoms with Crippen molar-refractivity contribution in [2.24, 2.45) is 0 Å². The molecule has 0 atom stereocenters. The summed E-state index contributed by atoms with van der Waals surface area (Å²) < 4.78 is 0. The maximum absolute atomic E-state index is 8.98. The molecule has 2 N–H and O–H groups in total. The first kappa shape index (κ1) is 14.9. The van der Waals surface area contributed by atoms with Crippen molar-refractivity contribution >= 4 is 27.4 Å². The number of aliphatic hydroxyl groups is 1. The number of hydrogen-bond acceptors (Lipinski definition) is 5. The van der Waals surface area contributed by atoms with Gasteiger partial charge in [-0.15, -0.1) is 11.3 Å². The highest BCUT2D eigenvalue weighted by molar-refractivity contribution is 7.19. The fraction of sp³-hybridized carbons (Fsp3) is 0.294. The summed E-state index contributed by atoms with van der Waals surface area (Å²) in [5.41, 5.74) is 2.39. The van der Waals surface area contributed by atoms with E-state index >= 15 is 0 Å². The third-order valence-corrected chi connectivity index (χ3v) is 4.53. The Morgan fingerprint density at radius 3 is 2.64 bits per heavy atom. The average Bonchev–Trinajstić information content (AvgIpc) is 2.84. The molecule has 22 heavy (non-hydrogen) atoms. The van der Waals surface area contributed by atoms with E-state index in [1.165, 1.54) is 16.0 Å². The maximum Gasteiger partial charge on any atom is 0.139 e. The summed E-state index contributed by atoms with van der Waals surface area (Å²) in [7, 11) is 0. The van der Waals surface area contributed by atoms with Crippen LogP contribution in [-0.2, 0) is 0 Å². The molecule has 2 heterocycles. The van der Waals surface area contributed by atoms with Crippen LogP contribution in [0.4, 0.5) is 5.82 Å². The Kier molecular flexibility index (Phi) is 4.36. The Balaban J connectivity index is 2.17. The molecule has 0 saturated carbocycles. The monoisotopic (exact) mass is 313 g/mol. The summed E-state index contributed by atoms with van der Waals surface area (Å²) in [6, 6.07) is 10.4. The Labute approximate surface area is 133 Å². The second-order valence-electron chi connectivity index (χ2n) is 5.20. The molecule has 0 spiro atoms. The second kappa shape index (κ2) is 6.42. The Morgan fingerprint density at radius 2 is 1.91 bits per heavy atom. The van der Waals surface area contributed by atoms with Gasteiger partial charge in [-0.3, -0.25) is 0 Å². The molecule has 3 rings (SSSR count). The van der Waals surface area contributed by atoms with Crippen LogP contribution >= 0.6 is 11.3 Å². The molecular formula is C17H19N3OS. The zero-order valence-electron chi connectivity index (χ0n) is 12.8. The number of aromatic nitrogens is 2. The van der Waals surface area contributed by atoms with Crippen molar-refractivity contribution in [3.63, 3.8) is 0 Å². The van der Waals surface area contributed by atoms with Gasteiger partial charge in [-0.1, -0.05) is 30.3 Å². The average molecular weight is 313 g/mol. The molecule has 5 heteroatoms. The van der Waals surface area contributed by atoms with Crippen molar-refractivity contribution < 1.29 is 5.11 Å². The summed E-state index contributed by atoms with van der Waals surface area (Å²) in [6.45, 7) is 4.91. The number of anilines is 1. The maximum atomic E-state index is 8.98. The number of aryl methyl sites for hydroxylation is 2. The van der Waals surface area contributed by atoms with Gasteiger partial charge >= 0.3 is 0 Å². The normalized spacial score (nSPS) is 11.0. The van der Waals surface area contributed by atoms with Crippen molar-refractivity contribution in [3.05, 3.63) is 41.0 Å². The van der Waals surface area contributed by atoms with Gasteiger partial charge in [-0.25, -0.2) is 9.97 Å². The van der Waals surface area contributed by atoms with Crippen LogP contribution in [-0.4, -0.2) is 28.2 Å². The second-order valence-corrected chi connectivity index (χ2v) is 6.41. The van der Waals surface area contributed by atoms with E-state index in [2.05, 4.69) is 34.3 Å². The predicted molar refractivity (Wildman–Crippen MR) is 92.5 cm³/mol. The van der Waals surface area contributed by atoms with E-state index in [-0.39, 0.29) is 6.61 Å². The quantitative estimate of drug-likeness (QED) is 0.704. The number of nitrogens with one attached hydrogen (secondary N) is 1. The summed E-state index contributed by atoms with van der Waals surface area (Å²) in [5, 5.41) is 13.4. The molecule has 0 bridgehead atoms. The smallest absolute Gasteiger partial charge is 0.139 e. The third-order valence-electron chi connectivity index (χ3n) is 3.53. The predicted octanol–water partition coefficient (Wildman–Crippen LogP) is 3.77. The summed E-state index contributed by atoms with van der Waals surface area (Å²) in [4.78, 5) is 11.4. The van der Waals surface area contributed by atoms with Crippen LogP contribution < -0.4 is 5.32 Å². The van der Waals surface area contributed by atoms with Gasteiger partial charge in [0.1, 0.15) is 16.5 Å². The minimum Gasteiger partial charge on any atom is -0.396 e. The SMILES string of the molecule is Cc1nc(NCCCO)c2c(-c3ccccc3)c(C)sc2n1. The van der Waals surface area contributed by atoms with Crippen LogP contribution in [0.25, 0.3) is 21.3 Å². The van der Waals surface area contributed by atoms with Gasteiger partial charge in [-0.2, -0.15) is 0 Å². The number of aliphatic hydroxyl groups excluding tert-OH is 1. The summed E-state index contributed by atoms with van der Waals surface area (Å²) in [6.07, 6.45) is 0.703. The molecule has 0 aliphatic rings. The molecule has 2 aromatic heterocycles. The van der Waals surface area contributed by atoms with Crippen LogP contribution in [0.2, 0.25) is 0 Å². The lowest BCUT2D eigenvalue weighted by Gasteiger charge is -2.09. The summed E-state index contributed by atoms with van der Waals surface area (Å²) in [5.74, 6) is 1.62. The number of nitrogens with zero attached hydrogens (tertiary/aromatic N) is 2. The van der Waals surface area contributed by atoms with Crippen molar-refractivity contribution in [2.75, 3.05) is 18.5 Å². The third kappa shape index (κ3) is 2.82. The molecule has 0 aliphatic heterocycles. The molecular weight excluding hydrogens is 294 g/mol. The van der Waals surface area contributed by atoms with Gasteiger partial charge in [0.15, 0.2) is 0 Å². The van der Waals surface area contributed by atoms with E-state index in [0.717, 1.165) is 21.9 Å². The van der Waals surface area contributed by atoms with Crippen LogP contribution in [0, 0.1) is 13.8 Å². The highest BCUT2D eigenvalue weighted by atomic mass is 32.1. The topological polar surface area (TPSA) is 58.0 Å². The van der Waals surface area contributed by atoms with E-state index in [4.69, 9.17) is 5.11 Å². The minimum atomic E-state index is 0.175. The molecule has 0 saturated heterocycles. The van der Waals surface area contributed by atoms with E-state index in [0.29, 0.717) is 13.0 Å². The van der Waals surface area contributed by atoms with Crippen LogP contribution in [0.3, 0.4) is 0 Å². The first-order valence-corrected chi connectivity index (χ1v) is 8.20. The van der Waals surface area contributed by atoms with Gasteiger partial charge in [0.2, 0.25) is 0 Å². The highest BCUT2D eigenvalue weighted by Gasteiger charge is 2.17. The zero-order chi connectivity index (χ0) is 15.5. The van der Waals surface area contributed by atoms with Gasteiger partial charge in [-0.05, 0) is 25.8 Å². The van der Waals surface area contributed by atoms with Crippen LogP contribution in [0.5, 0.6) is 0 Å². The molecule has 4 nitrogen and oxygen atoms in total. The standard InChI is InChI=1S/C17H19N3OS/c1-11-14(13-7-4-3-5-8-13)15-16(18-9-6-10-21)19-12(2)20-17(15)22-11/h3-5,7-8,21H,6,9-10H2,1-2H3,(H,18,19,20). The van der Waals surface area contributed by atoms with E-state index in [9.17, 15) is 0 Å². The molecule has 0 radical (unpaired) electrons. The van der Waals surface area contributed by atoms with E-state index < -0.39 is 0 Å². The van der Waals surface area contributed by atoms with Gasteiger partial charge in [0.05, 0.1) is 5.39 Å². The summed E-state index contributed by atoms with van der Waals surface area (Å²) >= 11 is 1.70. The molecule has 0 fully saturated rings. The van der Waals surface area contributed by atoms with E-state index in [1.807, 2.05) is 25.1 Å². The van der Waals surface area contributed by atoms with Crippen molar-refractivity contribution in [2.45, 2.75) is 20.3 Å². The molecule has 0 unspecified atom stereocenters. The lowest BCUT2D eigenvalue weighted by molar-refractivity contribution is 0.292. The number of rotatable bonds is 5. The number of fused-ring (bicyclic) bond motifs is 1. The number of hydrogen-bond donors (Lipinski definition) is 2. The lowest BCUT2D eigenvalue weighted by atomic mass is 10.0. The highest BCUT2D eigenvalue weighted by Crippen LogP contribution is 2.40. The lowest BCUT2D eigenvalue weighted by Crippen LogP contribution is -2.06. The van der Waals surface area contributed by atoms with Gasteiger partial charge < -0.3 is 10.4 Å². The molecule has 1 aromatic carbocycles. The van der Waals surface area contributed by atoms with Crippen molar-refractivity contribution in [3.8, 4) is 11.1 Å². The zero-order valence-corrected chi connectivity index (χ0v) is 13.6. The fourth-order valence-corrected chi connectivity index (χ4v) is 3.67.